The minimum Gasteiger partial charge on any atom is -0.462 e. The number of aromatic nitrogens is 4. The first kappa shape index (κ1) is 17.9. The minimum absolute atomic E-state index is 0.298. The standard InChI is InChI=1S/C22H20N4O2/c1-4-28-22(27)17-13-19(18-7-5-6-12-23-18)24-21-20(17)15(3)25-26(21)16-10-8-14(2)9-11-16/h5-13H,4H2,1-3H3. The number of hydrogen-bond acceptors (Lipinski definition) is 5. The topological polar surface area (TPSA) is 69.9 Å². The van der Waals surface area contributed by atoms with Crippen LogP contribution in [-0.4, -0.2) is 32.3 Å². The van der Waals surface area contributed by atoms with E-state index in [4.69, 9.17) is 9.72 Å². The maximum Gasteiger partial charge on any atom is 0.339 e. The highest BCUT2D eigenvalue weighted by molar-refractivity contribution is 6.05. The van der Waals surface area contributed by atoms with Crippen molar-refractivity contribution in [3.63, 3.8) is 0 Å². The van der Waals surface area contributed by atoms with E-state index >= 15 is 0 Å². The van der Waals surface area contributed by atoms with Crippen LogP contribution in [-0.2, 0) is 4.74 Å². The number of esters is 1. The monoisotopic (exact) mass is 372 g/mol. The van der Waals surface area contributed by atoms with Gasteiger partial charge >= 0.3 is 5.97 Å². The van der Waals surface area contributed by atoms with Crippen LogP contribution in [0.5, 0.6) is 0 Å². The van der Waals surface area contributed by atoms with Crippen molar-refractivity contribution in [2.75, 3.05) is 6.61 Å². The van der Waals surface area contributed by atoms with Crippen LogP contribution in [0.15, 0.2) is 54.7 Å². The number of nitrogens with zero attached hydrogens (tertiary/aromatic N) is 4. The third-order valence-corrected chi connectivity index (χ3v) is 4.51. The first-order chi connectivity index (χ1) is 13.6. The van der Waals surface area contributed by atoms with E-state index in [0.717, 1.165) is 16.9 Å². The molecular weight excluding hydrogens is 352 g/mol. The number of ether oxygens (including phenoxy) is 1. The quantitative estimate of drug-likeness (QED) is 0.500. The SMILES string of the molecule is CCOC(=O)c1cc(-c2ccccn2)nc2c1c(C)nn2-c1ccc(C)cc1. The fourth-order valence-electron chi connectivity index (χ4n) is 3.17. The summed E-state index contributed by atoms with van der Waals surface area (Å²) >= 11 is 0. The molecule has 0 radical (unpaired) electrons. The van der Waals surface area contributed by atoms with E-state index < -0.39 is 5.97 Å². The number of rotatable bonds is 4. The fraction of sp³-hybridized carbons (Fsp3) is 0.182. The van der Waals surface area contributed by atoms with Crippen LogP contribution in [0.25, 0.3) is 28.1 Å². The van der Waals surface area contributed by atoms with Gasteiger partial charge < -0.3 is 4.74 Å². The van der Waals surface area contributed by atoms with Crippen LogP contribution in [0.2, 0.25) is 0 Å². The second-order valence-electron chi connectivity index (χ2n) is 6.52. The minimum atomic E-state index is -0.390. The average molecular weight is 372 g/mol. The van der Waals surface area contributed by atoms with Gasteiger partial charge in [-0.05, 0) is 51.1 Å². The molecule has 6 nitrogen and oxygen atoms in total. The highest BCUT2D eigenvalue weighted by Gasteiger charge is 2.21. The largest absolute Gasteiger partial charge is 0.462 e. The van der Waals surface area contributed by atoms with E-state index in [9.17, 15) is 4.79 Å². The normalized spacial score (nSPS) is 11.0. The maximum atomic E-state index is 12.7. The van der Waals surface area contributed by atoms with E-state index in [2.05, 4.69) is 10.1 Å². The van der Waals surface area contributed by atoms with Gasteiger partial charge in [-0.1, -0.05) is 23.8 Å². The van der Waals surface area contributed by atoms with Crippen molar-refractivity contribution >= 4 is 17.0 Å². The summed E-state index contributed by atoms with van der Waals surface area (Å²) in [6.07, 6.45) is 1.70. The van der Waals surface area contributed by atoms with Crippen LogP contribution in [0.4, 0.5) is 0 Å². The number of aryl methyl sites for hydroxylation is 2. The van der Waals surface area contributed by atoms with Crippen molar-refractivity contribution in [2.24, 2.45) is 0 Å². The van der Waals surface area contributed by atoms with Crippen molar-refractivity contribution < 1.29 is 9.53 Å². The molecule has 0 saturated heterocycles. The Hall–Kier alpha value is -3.54. The molecule has 0 saturated carbocycles. The van der Waals surface area contributed by atoms with Gasteiger partial charge in [0, 0.05) is 6.20 Å². The van der Waals surface area contributed by atoms with Crippen LogP contribution in [0.3, 0.4) is 0 Å². The zero-order chi connectivity index (χ0) is 19.7. The first-order valence-corrected chi connectivity index (χ1v) is 9.14. The van der Waals surface area contributed by atoms with Crippen LogP contribution in [0, 0.1) is 13.8 Å². The van der Waals surface area contributed by atoms with E-state index in [-0.39, 0.29) is 0 Å². The highest BCUT2D eigenvalue weighted by atomic mass is 16.5. The Morgan fingerprint density at radius 2 is 1.86 bits per heavy atom. The molecule has 0 atom stereocenters. The number of carbonyl (C=O) groups excluding carboxylic acids is 1. The Morgan fingerprint density at radius 3 is 2.54 bits per heavy atom. The fourth-order valence-corrected chi connectivity index (χ4v) is 3.17. The van der Waals surface area contributed by atoms with Gasteiger partial charge in [-0.2, -0.15) is 5.10 Å². The van der Waals surface area contributed by atoms with Gasteiger partial charge in [0.05, 0.1) is 40.3 Å². The molecule has 0 aliphatic carbocycles. The molecule has 3 heterocycles. The second-order valence-corrected chi connectivity index (χ2v) is 6.52. The van der Waals surface area contributed by atoms with Gasteiger partial charge in [-0.15, -0.1) is 0 Å². The molecule has 3 aromatic heterocycles. The molecule has 0 spiro atoms. The molecule has 1 aromatic carbocycles. The smallest absolute Gasteiger partial charge is 0.339 e. The van der Waals surface area contributed by atoms with Crippen LogP contribution < -0.4 is 0 Å². The number of benzene rings is 1. The third kappa shape index (κ3) is 3.13. The van der Waals surface area contributed by atoms with Gasteiger partial charge in [0.2, 0.25) is 0 Å². The molecule has 0 amide bonds. The van der Waals surface area contributed by atoms with Gasteiger partial charge in [-0.3, -0.25) is 4.98 Å². The second kappa shape index (κ2) is 7.23. The van der Waals surface area contributed by atoms with E-state index in [1.807, 2.05) is 56.3 Å². The summed E-state index contributed by atoms with van der Waals surface area (Å²) in [6.45, 7) is 6.00. The summed E-state index contributed by atoms with van der Waals surface area (Å²) in [5, 5.41) is 5.35. The predicted octanol–water partition coefficient (Wildman–Crippen LogP) is 4.28. The zero-order valence-electron chi connectivity index (χ0n) is 16.0. The molecule has 0 aliphatic rings. The lowest BCUT2D eigenvalue weighted by Crippen LogP contribution is -2.07. The number of carbonyl (C=O) groups is 1. The van der Waals surface area contributed by atoms with Crippen molar-refractivity contribution in [3.8, 4) is 17.1 Å². The Bertz CT molecular complexity index is 1150. The molecule has 140 valence electrons. The Balaban J connectivity index is 2.01. The lowest BCUT2D eigenvalue weighted by atomic mass is 10.1. The molecule has 0 bridgehead atoms. The molecule has 4 rings (SSSR count). The predicted molar refractivity (Wildman–Crippen MR) is 108 cm³/mol. The number of fused-ring (bicyclic) bond motifs is 1. The van der Waals surface area contributed by atoms with Crippen molar-refractivity contribution in [1.82, 2.24) is 19.7 Å². The molecule has 0 aliphatic heterocycles. The average Bonchev–Trinajstić information content (AvgIpc) is 3.05. The Morgan fingerprint density at radius 1 is 1.07 bits per heavy atom. The number of pyridine rings is 2. The maximum absolute atomic E-state index is 12.7. The lowest BCUT2D eigenvalue weighted by molar-refractivity contribution is 0.0528. The summed E-state index contributed by atoms with van der Waals surface area (Å²) in [6, 6.07) is 15.3. The lowest BCUT2D eigenvalue weighted by Gasteiger charge is -2.08. The van der Waals surface area contributed by atoms with Crippen molar-refractivity contribution in [2.45, 2.75) is 20.8 Å². The van der Waals surface area contributed by atoms with E-state index in [1.54, 1.807) is 23.9 Å². The zero-order valence-corrected chi connectivity index (χ0v) is 16.0. The van der Waals surface area contributed by atoms with Gasteiger partial charge in [0.15, 0.2) is 5.65 Å². The van der Waals surface area contributed by atoms with Crippen molar-refractivity contribution in [3.05, 3.63) is 71.5 Å². The number of hydrogen-bond donors (Lipinski definition) is 0. The Labute approximate surface area is 162 Å². The first-order valence-electron chi connectivity index (χ1n) is 9.14. The summed E-state index contributed by atoms with van der Waals surface area (Å²) in [5.74, 6) is -0.390. The molecule has 4 aromatic rings. The van der Waals surface area contributed by atoms with E-state index in [1.165, 1.54) is 0 Å². The third-order valence-electron chi connectivity index (χ3n) is 4.51. The molecule has 0 fully saturated rings. The molecule has 0 N–H and O–H groups in total. The summed E-state index contributed by atoms with van der Waals surface area (Å²) < 4.78 is 7.05. The molecule has 6 heteroatoms. The Kier molecular flexibility index (Phi) is 4.61. The molecular formula is C22H20N4O2. The van der Waals surface area contributed by atoms with Crippen LogP contribution >= 0.6 is 0 Å². The van der Waals surface area contributed by atoms with E-state index in [0.29, 0.717) is 34.6 Å². The van der Waals surface area contributed by atoms with Gasteiger partial charge in [0.25, 0.3) is 0 Å². The summed E-state index contributed by atoms with van der Waals surface area (Å²) in [5.41, 5.74) is 5.10. The van der Waals surface area contributed by atoms with Crippen molar-refractivity contribution in [1.29, 1.82) is 0 Å². The van der Waals surface area contributed by atoms with Gasteiger partial charge in [-0.25, -0.2) is 14.5 Å². The van der Waals surface area contributed by atoms with Crippen LogP contribution in [0.1, 0.15) is 28.5 Å². The summed E-state index contributed by atoms with van der Waals surface area (Å²) in [7, 11) is 0. The van der Waals surface area contributed by atoms with Gasteiger partial charge in [0.1, 0.15) is 0 Å². The summed E-state index contributed by atoms with van der Waals surface area (Å²) in [4.78, 5) is 21.9. The highest BCUT2D eigenvalue weighted by Crippen LogP contribution is 2.28. The molecule has 0 unspecified atom stereocenters. The molecule has 28 heavy (non-hydrogen) atoms.